The summed E-state index contributed by atoms with van der Waals surface area (Å²) in [6.07, 6.45) is 1.48. The number of hydrogen-bond acceptors (Lipinski definition) is 6. The van der Waals surface area contributed by atoms with Crippen LogP contribution in [0, 0.1) is 0 Å². The Hall–Kier alpha value is -2.78. The van der Waals surface area contributed by atoms with Crippen molar-refractivity contribution in [2.75, 3.05) is 20.3 Å². The molecule has 1 saturated heterocycles. The van der Waals surface area contributed by atoms with E-state index in [0.717, 1.165) is 16.7 Å². The van der Waals surface area contributed by atoms with Gasteiger partial charge in [0.2, 0.25) is 0 Å². The van der Waals surface area contributed by atoms with E-state index in [2.05, 4.69) is 4.74 Å². The number of imide groups is 1. The van der Waals surface area contributed by atoms with Gasteiger partial charge >= 0.3 is 6.61 Å². The van der Waals surface area contributed by atoms with Crippen LogP contribution in [-0.4, -0.2) is 42.9 Å². The van der Waals surface area contributed by atoms with Gasteiger partial charge in [0.15, 0.2) is 11.5 Å². The number of para-hydroxylation sites is 1. The SMILES string of the molecule is COc1cc(/C=C2\SC(=O)N(CCOc3ccccc3Cl)C2=O)ccc1OC(F)F. The van der Waals surface area contributed by atoms with Crippen LogP contribution in [0.25, 0.3) is 6.08 Å². The molecule has 0 bridgehead atoms. The lowest BCUT2D eigenvalue weighted by Crippen LogP contribution is -2.32. The van der Waals surface area contributed by atoms with Gasteiger partial charge in [-0.05, 0) is 47.7 Å². The summed E-state index contributed by atoms with van der Waals surface area (Å²) in [5.74, 6) is -0.0644. The number of amides is 2. The average molecular weight is 456 g/mol. The number of benzene rings is 2. The van der Waals surface area contributed by atoms with Crippen LogP contribution in [0.4, 0.5) is 13.6 Å². The van der Waals surface area contributed by atoms with Crippen molar-refractivity contribution in [1.29, 1.82) is 0 Å². The molecule has 1 heterocycles. The second-order valence-corrected chi connectivity index (χ2v) is 7.30. The predicted octanol–water partition coefficient (Wildman–Crippen LogP) is 5.07. The number of hydrogen-bond donors (Lipinski definition) is 0. The highest BCUT2D eigenvalue weighted by Crippen LogP contribution is 2.35. The second kappa shape index (κ2) is 9.82. The van der Waals surface area contributed by atoms with Crippen LogP contribution in [-0.2, 0) is 4.79 Å². The first-order valence-corrected chi connectivity index (χ1v) is 9.84. The van der Waals surface area contributed by atoms with Crippen molar-refractivity contribution in [3.05, 3.63) is 58.0 Å². The van der Waals surface area contributed by atoms with E-state index in [1.807, 2.05) is 0 Å². The minimum Gasteiger partial charge on any atom is -0.493 e. The molecule has 6 nitrogen and oxygen atoms in total. The van der Waals surface area contributed by atoms with Crippen LogP contribution in [0.1, 0.15) is 5.56 Å². The van der Waals surface area contributed by atoms with E-state index in [-0.39, 0.29) is 29.6 Å². The van der Waals surface area contributed by atoms with E-state index in [1.54, 1.807) is 24.3 Å². The summed E-state index contributed by atoms with van der Waals surface area (Å²) in [6, 6.07) is 11.1. The van der Waals surface area contributed by atoms with Crippen molar-refractivity contribution in [2.45, 2.75) is 6.61 Å². The molecule has 0 unspecified atom stereocenters. The second-order valence-electron chi connectivity index (χ2n) is 5.90. The lowest BCUT2D eigenvalue weighted by Gasteiger charge is -2.13. The Morgan fingerprint density at radius 1 is 1.13 bits per heavy atom. The summed E-state index contributed by atoms with van der Waals surface area (Å²) in [6.45, 7) is -2.85. The maximum Gasteiger partial charge on any atom is 0.387 e. The lowest BCUT2D eigenvalue weighted by atomic mass is 10.2. The number of alkyl halides is 2. The predicted molar refractivity (Wildman–Crippen MR) is 109 cm³/mol. The molecular formula is C20H16ClF2NO5S. The molecule has 2 aromatic rings. The minimum absolute atomic E-state index is 0.0533. The molecule has 0 aromatic heterocycles. The smallest absolute Gasteiger partial charge is 0.387 e. The molecule has 158 valence electrons. The monoisotopic (exact) mass is 455 g/mol. The van der Waals surface area contributed by atoms with E-state index in [9.17, 15) is 18.4 Å². The number of rotatable bonds is 8. The van der Waals surface area contributed by atoms with Crippen molar-refractivity contribution >= 4 is 40.6 Å². The van der Waals surface area contributed by atoms with E-state index in [1.165, 1.54) is 31.4 Å². The van der Waals surface area contributed by atoms with Crippen molar-refractivity contribution in [3.63, 3.8) is 0 Å². The molecule has 30 heavy (non-hydrogen) atoms. The number of halogens is 3. The number of ether oxygens (including phenoxy) is 3. The van der Waals surface area contributed by atoms with E-state index >= 15 is 0 Å². The first-order chi connectivity index (χ1) is 14.4. The van der Waals surface area contributed by atoms with Gasteiger partial charge in [-0.15, -0.1) is 0 Å². The molecule has 0 atom stereocenters. The van der Waals surface area contributed by atoms with Crippen LogP contribution in [0.15, 0.2) is 47.4 Å². The fraction of sp³-hybridized carbons (Fsp3) is 0.200. The molecule has 10 heteroatoms. The molecule has 0 N–H and O–H groups in total. The zero-order valence-corrected chi connectivity index (χ0v) is 17.2. The van der Waals surface area contributed by atoms with Crippen LogP contribution in [0.3, 0.4) is 0 Å². The van der Waals surface area contributed by atoms with Gasteiger partial charge in [-0.2, -0.15) is 8.78 Å². The Bertz CT molecular complexity index is 985. The lowest BCUT2D eigenvalue weighted by molar-refractivity contribution is -0.123. The number of methoxy groups -OCH3 is 1. The summed E-state index contributed by atoms with van der Waals surface area (Å²) in [7, 11) is 1.31. The standard InChI is InChI=1S/C20H16ClF2NO5S/c1-27-16-10-12(6-7-15(16)29-19(22)23)11-17-18(25)24(20(26)30-17)8-9-28-14-5-3-2-4-13(14)21/h2-7,10-11,19H,8-9H2,1H3/b17-11-. The third-order valence-corrected chi connectivity index (χ3v) is 5.20. The summed E-state index contributed by atoms with van der Waals surface area (Å²) < 4.78 is 39.8. The highest BCUT2D eigenvalue weighted by atomic mass is 35.5. The number of carbonyl (C=O) groups excluding carboxylic acids is 2. The van der Waals surface area contributed by atoms with Gasteiger partial charge in [0.25, 0.3) is 11.1 Å². The van der Waals surface area contributed by atoms with E-state index in [4.69, 9.17) is 21.1 Å². The van der Waals surface area contributed by atoms with E-state index < -0.39 is 17.8 Å². The fourth-order valence-corrected chi connectivity index (χ4v) is 3.68. The van der Waals surface area contributed by atoms with Gasteiger partial charge in [-0.25, -0.2) is 0 Å². The molecule has 1 aliphatic rings. The molecule has 0 radical (unpaired) electrons. The van der Waals surface area contributed by atoms with Crippen LogP contribution < -0.4 is 14.2 Å². The van der Waals surface area contributed by atoms with Crippen molar-refractivity contribution in [3.8, 4) is 17.2 Å². The Kier molecular flexibility index (Phi) is 7.17. The molecular weight excluding hydrogens is 440 g/mol. The van der Waals surface area contributed by atoms with Crippen LogP contribution >= 0.6 is 23.4 Å². The molecule has 1 fully saturated rings. The molecule has 3 rings (SSSR count). The third kappa shape index (κ3) is 5.22. The highest BCUT2D eigenvalue weighted by Gasteiger charge is 2.34. The minimum atomic E-state index is -2.99. The normalized spacial score (nSPS) is 15.2. The first kappa shape index (κ1) is 21.9. The van der Waals surface area contributed by atoms with Crippen molar-refractivity contribution < 1.29 is 32.6 Å². The van der Waals surface area contributed by atoms with Gasteiger partial charge in [0, 0.05) is 0 Å². The molecule has 0 saturated carbocycles. The molecule has 1 aliphatic heterocycles. The zero-order chi connectivity index (χ0) is 21.7. The van der Waals surface area contributed by atoms with Crippen LogP contribution in [0.5, 0.6) is 17.2 Å². The largest absolute Gasteiger partial charge is 0.493 e. The highest BCUT2D eigenvalue weighted by molar-refractivity contribution is 8.18. The maximum atomic E-state index is 12.6. The van der Waals surface area contributed by atoms with Gasteiger partial charge in [-0.3, -0.25) is 14.5 Å². The van der Waals surface area contributed by atoms with Crippen molar-refractivity contribution in [2.24, 2.45) is 0 Å². The first-order valence-electron chi connectivity index (χ1n) is 8.64. The summed E-state index contributed by atoms with van der Waals surface area (Å²) in [4.78, 5) is 26.1. The summed E-state index contributed by atoms with van der Waals surface area (Å²) in [5.41, 5.74) is 0.492. The maximum absolute atomic E-state index is 12.6. The van der Waals surface area contributed by atoms with E-state index in [0.29, 0.717) is 16.3 Å². The molecule has 0 aliphatic carbocycles. The average Bonchev–Trinajstić information content (AvgIpc) is 2.97. The quantitative estimate of drug-likeness (QED) is 0.518. The Morgan fingerprint density at radius 2 is 1.90 bits per heavy atom. The third-order valence-electron chi connectivity index (χ3n) is 3.98. The van der Waals surface area contributed by atoms with Gasteiger partial charge < -0.3 is 14.2 Å². The van der Waals surface area contributed by atoms with Gasteiger partial charge in [0.1, 0.15) is 12.4 Å². The van der Waals surface area contributed by atoms with Crippen LogP contribution in [0.2, 0.25) is 5.02 Å². The van der Waals surface area contributed by atoms with Gasteiger partial charge in [0.05, 0.1) is 23.6 Å². The fourth-order valence-electron chi connectivity index (χ4n) is 2.62. The zero-order valence-electron chi connectivity index (χ0n) is 15.6. The number of thioether (sulfide) groups is 1. The Labute approximate surface area is 180 Å². The molecule has 2 aromatic carbocycles. The topological polar surface area (TPSA) is 65.1 Å². The molecule has 0 spiro atoms. The Morgan fingerprint density at radius 3 is 2.60 bits per heavy atom. The Balaban J connectivity index is 1.68. The number of carbonyl (C=O) groups is 2. The molecule has 2 amide bonds. The summed E-state index contributed by atoms with van der Waals surface area (Å²) >= 11 is 6.79. The summed E-state index contributed by atoms with van der Waals surface area (Å²) in [5, 5.41) is -0.00150. The van der Waals surface area contributed by atoms with Gasteiger partial charge in [-0.1, -0.05) is 29.8 Å². The van der Waals surface area contributed by atoms with Crippen molar-refractivity contribution in [1.82, 2.24) is 4.90 Å². The number of nitrogens with zero attached hydrogens (tertiary/aromatic N) is 1.